The number of ether oxygens (including phenoxy) is 1. The van der Waals surface area contributed by atoms with Crippen molar-refractivity contribution in [1.29, 1.82) is 0 Å². The molecule has 88 valence electrons. The summed E-state index contributed by atoms with van der Waals surface area (Å²) in [5, 5.41) is 0. The van der Waals surface area contributed by atoms with E-state index >= 15 is 0 Å². The number of hydrogen-bond donors (Lipinski definition) is 0. The van der Waals surface area contributed by atoms with E-state index in [1.807, 2.05) is 0 Å². The van der Waals surface area contributed by atoms with Gasteiger partial charge < -0.3 is 4.74 Å². The molecule has 2 nitrogen and oxygen atoms in total. The quantitative estimate of drug-likeness (QED) is 0.730. The number of nitrogens with zero attached hydrogens (tertiary/aromatic N) is 1. The smallest absolute Gasteiger partial charge is 0.382 e. The molecule has 0 spiro atoms. The van der Waals surface area contributed by atoms with Gasteiger partial charge in [0, 0.05) is 7.11 Å². The summed E-state index contributed by atoms with van der Waals surface area (Å²) in [4.78, 5) is 3.48. The maximum Gasteiger partial charge on any atom is 0.426 e. The Hall–Kier alpha value is -1.36. The first-order valence-electron chi connectivity index (χ1n) is 4.68. The zero-order valence-electron chi connectivity index (χ0n) is 8.74. The molecular formula is C11H12F3NO. The summed E-state index contributed by atoms with van der Waals surface area (Å²) in [6.07, 6.45) is -4.38. The first kappa shape index (κ1) is 12.7. The molecule has 0 bridgehead atoms. The van der Waals surface area contributed by atoms with Gasteiger partial charge in [-0.1, -0.05) is 30.3 Å². The molecule has 1 rings (SSSR count). The van der Waals surface area contributed by atoms with Gasteiger partial charge in [-0.05, 0) is 5.56 Å². The fourth-order valence-corrected chi connectivity index (χ4v) is 1.23. The summed E-state index contributed by atoms with van der Waals surface area (Å²) < 4.78 is 40.8. The second-order valence-electron chi connectivity index (χ2n) is 3.20. The van der Waals surface area contributed by atoms with Gasteiger partial charge in [0.25, 0.3) is 0 Å². The van der Waals surface area contributed by atoms with Gasteiger partial charge in [-0.25, -0.2) is 0 Å². The van der Waals surface area contributed by atoms with Crippen LogP contribution in [-0.2, 0) is 4.74 Å². The standard InChI is InChI=1S/C11H12F3NO/c1-16-7-10(15-8-11(12,13)14)9-5-3-2-4-6-9/h2-6,8,10H,7H2,1H3. The van der Waals surface area contributed by atoms with E-state index in [4.69, 9.17) is 4.74 Å². The second kappa shape index (κ2) is 5.65. The molecule has 1 aromatic carbocycles. The highest BCUT2D eigenvalue weighted by atomic mass is 19.4. The number of benzene rings is 1. The fourth-order valence-electron chi connectivity index (χ4n) is 1.23. The van der Waals surface area contributed by atoms with Crippen LogP contribution in [0.1, 0.15) is 11.6 Å². The summed E-state index contributed by atoms with van der Waals surface area (Å²) in [5.74, 6) is 0. The topological polar surface area (TPSA) is 21.6 Å². The highest BCUT2D eigenvalue weighted by Gasteiger charge is 2.24. The lowest BCUT2D eigenvalue weighted by molar-refractivity contribution is -0.0540. The minimum atomic E-state index is -4.39. The molecule has 0 aliphatic heterocycles. The molecule has 0 saturated carbocycles. The molecule has 0 N–H and O–H groups in total. The van der Waals surface area contributed by atoms with E-state index in [2.05, 4.69) is 4.99 Å². The van der Waals surface area contributed by atoms with Crippen LogP contribution in [0.3, 0.4) is 0 Å². The van der Waals surface area contributed by atoms with Crippen LogP contribution in [-0.4, -0.2) is 26.1 Å². The van der Waals surface area contributed by atoms with Crippen molar-refractivity contribution in [1.82, 2.24) is 0 Å². The van der Waals surface area contributed by atoms with Crippen LogP contribution < -0.4 is 0 Å². The number of rotatable bonds is 4. The van der Waals surface area contributed by atoms with E-state index in [9.17, 15) is 13.2 Å². The number of methoxy groups -OCH3 is 1. The average molecular weight is 231 g/mol. The summed E-state index contributed by atoms with van der Waals surface area (Å²) in [7, 11) is 1.43. The molecule has 1 atom stereocenters. The third kappa shape index (κ3) is 4.44. The third-order valence-electron chi connectivity index (χ3n) is 1.91. The molecule has 0 radical (unpaired) electrons. The molecule has 5 heteroatoms. The van der Waals surface area contributed by atoms with Crippen LogP contribution in [0.2, 0.25) is 0 Å². The Morgan fingerprint density at radius 2 is 1.94 bits per heavy atom. The Morgan fingerprint density at radius 3 is 2.44 bits per heavy atom. The predicted octanol–water partition coefficient (Wildman–Crippen LogP) is 3.01. The molecule has 0 saturated heterocycles. The van der Waals surface area contributed by atoms with Crippen molar-refractivity contribution in [3.05, 3.63) is 35.9 Å². The summed E-state index contributed by atoms with van der Waals surface area (Å²) in [6, 6.07) is 8.12. The number of hydrogen-bond acceptors (Lipinski definition) is 2. The van der Waals surface area contributed by atoms with Gasteiger partial charge in [0.2, 0.25) is 0 Å². The zero-order valence-corrected chi connectivity index (χ0v) is 8.74. The Balaban J connectivity index is 2.80. The molecular weight excluding hydrogens is 219 g/mol. The predicted molar refractivity (Wildman–Crippen MR) is 55.6 cm³/mol. The van der Waals surface area contributed by atoms with Crippen molar-refractivity contribution >= 4 is 6.21 Å². The van der Waals surface area contributed by atoms with Gasteiger partial charge in [-0.3, -0.25) is 4.99 Å². The Labute approximate surface area is 91.8 Å². The van der Waals surface area contributed by atoms with Gasteiger partial charge in [0.15, 0.2) is 0 Å². The Morgan fingerprint density at radius 1 is 1.31 bits per heavy atom. The lowest BCUT2D eigenvalue weighted by atomic mass is 10.1. The molecule has 0 fully saturated rings. The second-order valence-corrected chi connectivity index (χ2v) is 3.20. The first-order valence-corrected chi connectivity index (χ1v) is 4.68. The van der Waals surface area contributed by atoms with Crippen LogP contribution in [0.15, 0.2) is 35.3 Å². The van der Waals surface area contributed by atoms with Crippen LogP contribution in [0.4, 0.5) is 13.2 Å². The summed E-state index contributed by atoms with van der Waals surface area (Å²) in [6.45, 7) is 0.122. The van der Waals surface area contributed by atoms with Gasteiger partial charge in [0.1, 0.15) is 6.21 Å². The van der Waals surface area contributed by atoms with Crippen LogP contribution >= 0.6 is 0 Å². The van der Waals surface area contributed by atoms with E-state index in [1.54, 1.807) is 30.3 Å². The monoisotopic (exact) mass is 231 g/mol. The third-order valence-corrected chi connectivity index (χ3v) is 1.91. The first-order chi connectivity index (χ1) is 7.53. The van der Waals surface area contributed by atoms with Gasteiger partial charge in [-0.2, -0.15) is 13.2 Å². The van der Waals surface area contributed by atoms with E-state index in [-0.39, 0.29) is 12.8 Å². The molecule has 1 aromatic rings. The van der Waals surface area contributed by atoms with Crippen molar-refractivity contribution in [2.75, 3.05) is 13.7 Å². The Kier molecular flexibility index (Phi) is 4.49. The van der Waals surface area contributed by atoms with Gasteiger partial charge >= 0.3 is 6.18 Å². The Bertz CT molecular complexity index is 335. The molecule has 16 heavy (non-hydrogen) atoms. The molecule has 0 heterocycles. The van der Waals surface area contributed by atoms with E-state index in [0.717, 1.165) is 0 Å². The average Bonchev–Trinajstić information content (AvgIpc) is 2.24. The molecule has 0 aliphatic rings. The van der Waals surface area contributed by atoms with E-state index < -0.39 is 12.2 Å². The zero-order chi connectivity index (χ0) is 12.0. The van der Waals surface area contributed by atoms with Gasteiger partial charge in [0.05, 0.1) is 12.6 Å². The summed E-state index contributed by atoms with van der Waals surface area (Å²) >= 11 is 0. The number of aliphatic imine (C=N–C) groups is 1. The van der Waals surface area contributed by atoms with Crippen LogP contribution in [0, 0.1) is 0 Å². The molecule has 0 amide bonds. The highest BCUT2D eigenvalue weighted by Crippen LogP contribution is 2.19. The van der Waals surface area contributed by atoms with Gasteiger partial charge in [-0.15, -0.1) is 0 Å². The van der Waals surface area contributed by atoms with Crippen LogP contribution in [0.5, 0.6) is 0 Å². The number of alkyl halides is 3. The lowest BCUT2D eigenvalue weighted by Crippen LogP contribution is -2.12. The molecule has 1 unspecified atom stereocenters. The van der Waals surface area contributed by atoms with E-state index in [1.165, 1.54) is 7.11 Å². The van der Waals surface area contributed by atoms with Crippen molar-refractivity contribution in [3.63, 3.8) is 0 Å². The van der Waals surface area contributed by atoms with Crippen molar-refractivity contribution < 1.29 is 17.9 Å². The maximum atomic E-state index is 12.0. The minimum absolute atomic E-state index is 0.00366. The van der Waals surface area contributed by atoms with Crippen molar-refractivity contribution in [2.24, 2.45) is 4.99 Å². The SMILES string of the molecule is COCC(N=CC(F)(F)F)c1ccccc1. The highest BCUT2D eigenvalue weighted by molar-refractivity contribution is 5.64. The van der Waals surface area contributed by atoms with E-state index in [0.29, 0.717) is 5.56 Å². The normalized spacial score (nSPS) is 14.2. The fraction of sp³-hybridized carbons (Fsp3) is 0.364. The van der Waals surface area contributed by atoms with Crippen LogP contribution in [0.25, 0.3) is 0 Å². The maximum absolute atomic E-state index is 12.0. The molecule has 0 aliphatic carbocycles. The minimum Gasteiger partial charge on any atom is -0.382 e. The van der Waals surface area contributed by atoms with Crippen molar-refractivity contribution in [2.45, 2.75) is 12.2 Å². The molecule has 0 aromatic heterocycles. The summed E-state index contributed by atoms with van der Waals surface area (Å²) in [5.41, 5.74) is 0.699. The largest absolute Gasteiger partial charge is 0.426 e. The number of halogens is 3. The lowest BCUT2D eigenvalue weighted by Gasteiger charge is -2.11. The van der Waals surface area contributed by atoms with Crippen molar-refractivity contribution in [3.8, 4) is 0 Å².